The number of alkyl halides is 2. The van der Waals surface area contributed by atoms with Crippen LogP contribution >= 0.6 is 0 Å². The lowest BCUT2D eigenvalue weighted by atomic mass is 9.97. The molecule has 2 aromatic carbocycles. The van der Waals surface area contributed by atoms with Crippen molar-refractivity contribution in [3.05, 3.63) is 63.6 Å². The van der Waals surface area contributed by atoms with Crippen LogP contribution in [0.3, 0.4) is 0 Å². The Kier molecular flexibility index (Phi) is 6.76. The maximum Gasteiger partial charge on any atom is 0.387 e. The molecule has 1 aliphatic rings. The Hall–Kier alpha value is -2.78. The molecule has 0 unspecified atom stereocenters. The number of sulfonamides is 1. The van der Waals surface area contributed by atoms with Crippen LogP contribution in [-0.4, -0.2) is 38.8 Å². The van der Waals surface area contributed by atoms with Crippen LogP contribution in [0.5, 0.6) is 5.75 Å². The highest BCUT2D eigenvalue weighted by molar-refractivity contribution is 7.93. The van der Waals surface area contributed by atoms with Crippen LogP contribution in [0.4, 0.5) is 14.5 Å². The van der Waals surface area contributed by atoms with Crippen molar-refractivity contribution in [2.24, 2.45) is 0 Å². The van der Waals surface area contributed by atoms with Gasteiger partial charge in [-0.05, 0) is 73.2 Å². The van der Waals surface area contributed by atoms with Crippen LogP contribution in [0.2, 0.25) is 0 Å². The van der Waals surface area contributed by atoms with E-state index in [-0.39, 0.29) is 23.6 Å². The number of halogens is 2. The van der Waals surface area contributed by atoms with Crippen LogP contribution < -0.4 is 10.1 Å². The van der Waals surface area contributed by atoms with E-state index in [1.54, 1.807) is 12.1 Å². The van der Waals surface area contributed by atoms with Crippen molar-refractivity contribution in [2.45, 2.75) is 33.3 Å². The minimum Gasteiger partial charge on any atom is -0.435 e. The number of likely N-dealkylation sites (N-methyl/N-ethyl adjacent to an activating group) is 1. The number of rotatable bonds is 7. The average Bonchev–Trinajstić information content (AvgIpc) is 2.70. The van der Waals surface area contributed by atoms with E-state index in [4.69, 9.17) is 0 Å². The Labute approximate surface area is 180 Å². The summed E-state index contributed by atoms with van der Waals surface area (Å²) in [7, 11) is -2.50. The number of ether oxygens (including phenoxy) is 1. The van der Waals surface area contributed by atoms with E-state index in [0.717, 1.165) is 21.0 Å². The molecule has 0 aliphatic heterocycles. The SMILES string of the molecule is Cc1cccc(NC(=O)CN(C)S(=O)(=O)C2=Cc3ccc(OC(F)F)cc3CC2)c1C. The molecule has 0 aromatic heterocycles. The smallest absolute Gasteiger partial charge is 0.387 e. The number of fused-ring (bicyclic) bond motifs is 1. The number of amides is 1. The number of anilines is 1. The number of nitrogens with one attached hydrogen (secondary N) is 1. The van der Waals surface area contributed by atoms with Crippen molar-refractivity contribution in [1.29, 1.82) is 0 Å². The number of allylic oxidation sites excluding steroid dienone is 1. The second-order valence-electron chi connectivity index (χ2n) is 7.41. The minimum absolute atomic E-state index is 0.0358. The van der Waals surface area contributed by atoms with Gasteiger partial charge in [0, 0.05) is 12.7 Å². The summed E-state index contributed by atoms with van der Waals surface area (Å²) in [5.74, 6) is -0.404. The van der Waals surface area contributed by atoms with Gasteiger partial charge in [0.1, 0.15) is 5.75 Å². The first-order chi connectivity index (χ1) is 14.6. The van der Waals surface area contributed by atoms with Crippen LogP contribution in [0.1, 0.15) is 28.7 Å². The lowest BCUT2D eigenvalue weighted by molar-refractivity contribution is -0.116. The molecule has 2 aromatic rings. The predicted molar refractivity (Wildman–Crippen MR) is 115 cm³/mol. The number of carbonyl (C=O) groups is 1. The topological polar surface area (TPSA) is 75.7 Å². The first kappa shape index (κ1) is 22.9. The number of hydrogen-bond donors (Lipinski definition) is 1. The van der Waals surface area contributed by atoms with Crippen molar-refractivity contribution < 1.29 is 26.7 Å². The molecular weight excluding hydrogens is 426 g/mol. The highest BCUT2D eigenvalue weighted by Crippen LogP contribution is 2.31. The second kappa shape index (κ2) is 9.15. The first-order valence-corrected chi connectivity index (χ1v) is 11.1. The van der Waals surface area contributed by atoms with Crippen LogP contribution in [-0.2, 0) is 21.2 Å². The third kappa shape index (κ3) is 5.29. The normalized spacial score (nSPS) is 13.7. The standard InChI is InChI=1S/C22H24F2N2O4S/c1-14-5-4-6-20(15(14)2)25-21(27)13-26(3)31(28,29)19-10-8-16-11-18(30-22(23)24)9-7-17(16)12-19/h4-7,9,11-12,22H,8,10,13H2,1-3H3,(H,25,27). The number of benzene rings is 2. The summed E-state index contributed by atoms with van der Waals surface area (Å²) in [4.78, 5) is 12.6. The summed E-state index contributed by atoms with van der Waals surface area (Å²) >= 11 is 0. The molecule has 0 saturated carbocycles. The monoisotopic (exact) mass is 450 g/mol. The third-order valence-electron chi connectivity index (χ3n) is 5.28. The maximum absolute atomic E-state index is 13.0. The van der Waals surface area contributed by atoms with E-state index >= 15 is 0 Å². The molecule has 0 radical (unpaired) electrons. The van der Waals surface area contributed by atoms with Crippen molar-refractivity contribution in [2.75, 3.05) is 18.9 Å². The minimum atomic E-state index is -3.86. The number of hydrogen-bond acceptors (Lipinski definition) is 4. The molecule has 0 fully saturated rings. The highest BCUT2D eigenvalue weighted by Gasteiger charge is 2.28. The zero-order valence-corrected chi connectivity index (χ0v) is 18.3. The van der Waals surface area contributed by atoms with Gasteiger partial charge < -0.3 is 10.1 Å². The van der Waals surface area contributed by atoms with Gasteiger partial charge in [0.2, 0.25) is 15.9 Å². The molecule has 1 N–H and O–H groups in total. The quantitative estimate of drug-likeness (QED) is 0.689. The molecule has 166 valence electrons. The highest BCUT2D eigenvalue weighted by atomic mass is 32.2. The summed E-state index contributed by atoms with van der Waals surface area (Å²) in [6, 6.07) is 9.93. The molecule has 0 heterocycles. The van der Waals surface area contributed by atoms with Gasteiger partial charge in [0.15, 0.2) is 0 Å². The Morgan fingerprint density at radius 3 is 2.65 bits per heavy atom. The lowest BCUT2D eigenvalue weighted by Gasteiger charge is -2.22. The zero-order chi connectivity index (χ0) is 22.8. The van der Waals surface area contributed by atoms with Crippen LogP contribution in [0, 0.1) is 13.8 Å². The molecule has 0 bridgehead atoms. The van der Waals surface area contributed by atoms with E-state index in [1.165, 1.54) is 25.3 Å². The summed E-state index contributed by atoms with van der Waals surface area (Å²) in [5, 5.41) is 2.75. The Morgan fingerprint density at radius 2 is 1.94 bits per heavy atom. The number of nitrogens with zero attached hydrogens (tertiary/aromatic N) is 1. The maximum atomic E-state index is 13.0. The Morgan fingerprint density at radius 1 is 1.19 bits per heavy atom. The van der Waals surface area contributed by atoms with E-state index < -0.39 is 22.5 Å². The van der Waals surface area contributed by atoms with Crippen molar-refractivity contribution in [3.63, 3.8) is 0 Å². The molecule has 0 atom stereocenters. The van der Waals surface area contributed by atoms with Gasteiger partial charge in [0.25, 0.3) is 0 Å². The predicted octanol–water partition coefficient (Wildman–Crippen LogP) is 4.09. The Bertz CT molecular complexity index is 1130. The van der Waals surface area contributed by atoms with Gasteiger partial charge in [-0.2, -0.15) is 13.1 Å². The third-order valence-corrected chi connectivity index (χ3v) is 7.22. The van der Waals surface area contributed by atoms with Gasteiger partial charge in [-0.15, -0.1) is 0 Å². The van der Waals surface area contributed by atoms with Crippen molar-refractivity contribution >= 4 is 27.7 Å². The van der Waals surface area contributed by atoms with Crippen molar-refractivity contribution in [3.8, 4) is 5.75 Å². The number of carbonyl (C=O) groups excluding carboxylic acids is 1. The van der Waals surface area contributed by atoms with E-state index in [0.29, 0.717) is 17.7 Å². The van der Waals surface area contributed by atoms with E-state index in [1.807, 2.05) is 26.0 Å². The molecule has 3 rings (SSSR count). The summed E-state index contributed by atoms with van der Waals surface area (Å²) in [6.45, 7) is 0.558. The second-order valence-corrected chi connectivity index (χ2v) is 9.50. The molecule has 9 heteroatoms. The van der Waals surface area contributed by atoms with Gasteiger partial charge in [-0.25, -0.2) is 8.42 Å². The van der Waals surface area contributed by atoms with Gasteiger partial charge in [-0.3, -0.25) is 4.79 Å². The van der Waals surface area contributed by atoms with Gasteiger partial charge in [0.05, 0.1) is 11.4 Å². The molecular formula is C22H24F2N2O4S. The zero-order valence-electron chi connectivity index (χ0n) is 17.5. The summed E-state index contributed by atoms with van der Waals surface area (Å²) < 4.78 is 56.1. The lowest BCUT2D eigenvalue weighted by Crippen LogP contribution is -2.36. The fourth-order valence-corrected chi connectivity index (χ4v) is 4.71. The first-order valence-electron chi connectivity index (χ1n) is 9.68. The van der Waals surface area contributed by atoms with E-state index in [2.05, 4.69) is 10.1 Å². The van der Waals surface area contributed by atoms with Gasteiger partial charge >= 0.3 is 6.61 Å². The molecule has 31 heavy (non-hydrogen) atoms. The molecule has 0 spiro atoms. The summed E-state index contributed by atoms with van der Waals surface area (Å²) in [5.41, 5.74) is 3.94. The number of aryl methyl sites for hydroxylation is 2. The van der Waals surface area contributed by atoms with Crippen LogP contribution in [0.25, 0.3) is 6.08 Å². The average molecular weight is 451 g/mol. The molecule has 6 nitrogen and oxygen atoms in total. The van der Waals surface area contributed by atoms with Gasteiger partial charge in [-0.1, -0.05) is 18.2 Å². The molecule has 1 amide bonds. The molecule has 0 saturated heterocycles. The Balaban J connectivity index is 1.73. The van der Waals surface area contributed by atoms with E-state index in [9.17, 15) is 22.0 Å². The fraction of sp³-hybridized carbons (Fsp3) is 0.318. The molecule has 1 aliphatic carbocycles. The fourth-order valence-electron chi connectivity index (χ4n) is 3.39. The largest absolute Gasteiger partial charge is 0.435 e. The van der Waals surface area contributed by atoms with Crippen LogP contribution in [0.15, 0.2) is 41.3 Å². The van der Waals surface area contributed by atoms with Crippen molar-refractivity contribution in [1.82, 2.24) is 4.31 Å². The summed E-state index contributed by atoms with van der Waals surface area (Å²) in [6.07, 6.45) is 2.08.